The number of fused-ring (bicyclic) bond motifs is 1. The van der Waals surface area contributed by atoms with Gasteiger partial charge in [0.15, 0.2) is 0 Å². The molecule has 41 heavy (non-hydrogen) atoms. The molecular weight excluding hydrogens is 528 g/mol. The molecule has 1 aromatic heterocycles. The average molecular weight is 561 g/mol. The predicted molar refractivity (Wildman–Crippen MR) is 155 cm³/mol. The Bertz CT molecular complexity index is 1660. The zero-order valence-electron chi connectivity index (χ0n) is 23.1. The van der Waals surface area contributed by atoms with Crippen LogP contribution in [0.25, 0.3) is 10.9 Å². The molecule has 4 rings (SSSR count). The molecule has 0 aliphatic rings. The summed E-state index contributed by atoms with van der Waals surface area (Å²) in [4.78, 5) is 52.3. The van der Waals surface area contributed by atoms with Crippen LogP contribution in [0.4, 0.5) is 5.69 Å². The van der Waals surface area contributed by atoms with E-state index in [4.69, 9.17) is 14.2 Å². The first-order valence-corrected chi connectivity index (χ1v) is 13.0. The van der Waals surface area contributed by atoms with Gasteiger partial charge < -0.3 is 24.8 Å². The van der Waals surface area contributed by atoms with E-state index in [1.165, 1.54) is 18.8 Å². The Labute approximate surface area is 236 Å². The molecule has 0 spiro atoms. The minimum absolute atomic E-state index is 0.0356. The fraction of sp³-hybridized carbons (Fsp3) is 0.267. The third-order valence-electron chi connectivity index (χ3n) is 6.48. The van der Waals surface area contributed by atoms with Gasteiger partial charge in [-0.25, -0.2) is 4.79 Å². The van der Waals surface area contributed by atoms with E-state index in [9.17, 15) is 19.2 Å². The molecule has 1 heterocycles. The van der Waals surface area contributed by atoms with Crippen LogP contribution in [0, 0.1) is 0 Å². The van der Waals surface area contributed by atoms with Crippen molar-refractivity contribution in [3.8, 4) is 11.5 Å². The Morgan fingerprint density at radius 2 is 1.63 bits per heavy atom. The van der Waals surface area contributed by atoms with Gasteiger partial charge in [-0.15, -0.1) is 0 Å². The van der Waals surface area contributed by atoms with E-state index in [0.29, 0.717) is 58.8 Å². The van der Waals surface area contributed by atoms with Gasteiger partial charge in [0.2, 0.25) is 5.91 Å². The molecule has 0 fully saturated rings. The summed E-state index contributed by atoms with van der Waals surface area (Å²) in [5, 5.41) is 5.88. The number of benzene rings is 3. The second-order valence-electron chi connectivity index (χ2n) is 9.19. The van der Waals surface area contributed by atoms with E-state index >= 15 is 0 Å². The fourth-order valence-electron chi connectivity index (χ4n) is 4.36. The van der Waals surface area contributed by atoms with Crippen molar-refractivity contribution in [2.45, 2.75) is 19.5 Å². The summed E-state index contributed by atoms with van der Waals surface area (Å²) in [5.41, 5.74) is 0.752. The van der Waals surface area contributed by atoms with Crippen molar-refractivity contribution in [2.24, 2.45) is 0 Å². The molecule has 0 aliphatic heterocycles. The number of nitrogens with one attached hydrogen (secondary N) is 2. The predicted octanol–water partition coefficient (Wildman–Crippen LogP) is 2.63. The quantitative estimate of drug-likeness (QED) is 0.255. The van der Waals surface area contributed by atoms with Gasteiger partial charge in [0.25, 0.3) is 11.5 Å². The minimum atomic E-state index is -0.634. The number of aromatic nitrogens is 2. The SMILES string of the molecule is COCCCNC(=O)c1ccc(Cn2c(=O)c3ccccc3n(CC(=O)Nc3ccc(OC)cc3OC)c2=O)cc1. The summed E-state index contributed by atoms with van der Waals surface area (Å²) in [6.45, 7) is 0.664. The van der Waals surface area contributed by atoms with Crippen LogP contribution in [0.5, 0.6) is 11.5 Å². The van der Waals surface area contributed by atoms with Gasteiger partial charge in [-0.2, -0.15) is 0 Å². The highest BCUT2D eigenvalue weighted by Crippen LogP contribution is 2.29. The monoisotopic (exact) mass is 560 g/mol. The summed E-state index contributed by atoms with van der Waals surface area (Å²) < 4.78 is 17.9. The number of carbonyl (C=O) groups excluding carboxylic acids is 2. The third-order valence-corrected chi connectivity index (χ3v) is 6.48. The summed E-state index contributed by atoms with van der Waals surface area (Å²) >= 11 is 0. The highest BCUT2D eigenvalue weighted by molar-refractivity contribution is 5.94. The first-order chi connectivity index (χ1) is 19.9. The van der Waals surface area contributed by atoms with Crippen LogP contribution in [0.2, 0.25) is 0 Å². The Morgan fingerprint density at radius 3 is 2.34 bits per heavy atom. The van der Waals surface area contributed by atoms with Gasteiger partial charge in [0, 0.05) is 31.9 Å². The van der Waals surface area contributed by atoms with Crippen molar-refractivity contribution < 1.29 is 23.8 Å². The van der Waals surface area contributed by atoms with Crippen LogP contribution in [-0.2, 0) is 22.6 Å². The van der Waals surface area contributed by atoms with Gasteiger partial charge >= 0.3 is 5.69 Å². The number of amides is 2. The van der Waals surface area contributed by atoms with Crippen LogP contribution < -0.4 is 31.4 Å². The Kier molecular flexibility index (Phi) is 9.54. The van der Waals surface area contributed by atoms with E-state index < -0.39 is 17.2 Å². The van der Waals surface area contributed by atoms with Crippen molar-refractivity contribution in [1.82, 2.24) is 14.5 Å². The lowest BCUT2D eigenvalue weighted by atomic mass is 10.1. The first kappa shape index (κ1) is 29.1. The number of nitrogens with zero attached hydrogens (tertiary/aromatic N) is 2. The van der Waals surface area contributed by atoms with Gasteiger partial charge in [0.05, 0.1) is 37.4 Å². The maximum absolute atomic E-state index is 13.6. The zero-order chi connectivity index (χ0) is 29.4. The van der Waals surface area contributed by atoms with E-state index in [1.807, 2.05) is 0 Å². The second-order valence-corrected chi connectivity index (χ2v) is 9.19. The smallest absolute Gasteiger partial charge is 0.332 e. The molecule has 0 bridgehead atoms. The molecule has 0 radical (unpaired) electrons. The fourth-order valence-corrected chi connectivity index (χ4v) is 4.36. The minimum Gasteiger partial charge on any atom is -0.497 e. The van der Waals surface area contributed by atoms with Gasteiger partial charge in [-0.1, -0.05) is 24.3 Å². The molecule has 0 saturated heterocycles. The van der Waals surface area contributed by atoms with Crippen molar-refractivity contribution in [3.63, 3.8) is 0 Å². The molecule has 2 N–H and O–H groups in total. The Morgan fingerprint density at radius 1 is 0.878 bits per heavy atom. The number of rotatable bonds is 12. The molecule has 0 aliphatic carbocycles. The van der Waals surface area contributed by atoms with Crippen molar-refractivity contribution in [1.29, 1.82) is 0 Å². The molecule has 3 aromatic carbocycles. The lowest BCUT2D eigenvalue weighted by Gasteiger charge is -2.15. The Hall–Kier alpha value is -4.90. The summed E-state index contributed by atoms with van der Waals surface area (Å²) in [7, 11) is 4.60. The molecular formula is C30H32N4O7. The maximum atomic E-state index is 13.6. The molecule has 4 aromatic rings. The van der Waals surface area contributed by atoms with Crippen LogP contribution in [-0.4, -0.2) is 55.4 Å². The standard InChI is InChI=1S/C30H32N4O7/c1-39-16-6-15-31-28(36)21-11-9-20(10-12-21)18-34-29(37)23-7-4-5-8-25(23)33(30(34)38)19-27(35)32-24-14-13-22(40-2)17-26(24)41-3/h4-5,7-14,17H,6,15-16,18-19H2,1-3H3,(H,31,36)(H,32,35). The largest absolute Gasteiger partial charge is 0.497 e. The van der Waals surface area contributed by atoms with Gasteiger partial charge in [-0.3, -0.25) is 23.5 Å². The summed E-state index contributed by atoms with van der Waals surface area (Å²) in [5.74, 6) is 0.251. The number of methoxy groups -OCH3 is 3. The lowest BCUT2D eigenvalue weighted by molar-refractivity contribution is -0.116. The third kappa shape index (κ3) is 6.82. The highest BCUT2D eigenvalue weighted by atomic mass is 16.5. The first-order valence-electron chi connectivity index (χ1n) is 13.0. The van der Waals surface area contributed by atoms with Crippen molar-refractivity contribution in [3.05, 3.63) is 98.7 Å². The van der Waals surface area contributed by atoms with E-state index in [1.54, 1.807) is 73.8 Å². The highest BCUT2D eigenvalue weighted by Gasteiger charge is 2.17. The average Bonchev–Trinajstić information content (AvgIpc) is 3.00. The topological polar surface area (TPSA) is 130 Å². The molecule has 11 nitrogen and oxygen atoms in total. The van der Waals surface area contributed by atoms with Crippen LogP contribution in [0.15, 0.2) is 76.3 Å². The maximum Gasteiger partial charge on any atom is 0.332 e. The molecule has 11 heteroatoms. The summed E-state index contributed by atoms with van der Waals surface area (Å²) in [6.07, 6.45) is 0.698. The molecule has 0 saturated carbocycles. The zero-order valence-corrected chi connectivity index (χ0v) is 23.1. The Balaban J connectivity index is 1.59. The summed E-state index contributed by atoms with van der Waals surface area (Å²) in [6, 6.07) is 18.3. The number of ether oxygens (including phenoxy) is 3. The number of hydrogen-bond donors (Lipinski definition) is 2. The molecule has 0 atom stereocenters. The normalized spacial score (nSPS) is 10.8. The van der Waals surface area contributed by atoms with E-state index in [2.05, 4.69) is 10.6 Å². The van der Waals surface area contributed by atoms with Gasteiger partial charge in [-0.05, 0) is 48.4 Å². The van der Waals surface area contributed by atoms with Gasteiger partial charge in [0.1, 0.15) is 18.0 Å². The number of para-hydroxylation sites is 1. The molecule has 2 amide bonds. The van der Waals surface area contributed by atoms with E-state index in [-0.39, 0.29) is 19.0 Å². The lowest BCUT2D eigenvalue weighted by Crippen LogP contribution is -2.42. The van der Waals surface area contributed by atoms with Crippen LogP contribution in [0.1, 0.15) is 22.3 Å². The van der Waals surface area contributed by atoms with Crippen LogP contribution in [0.3, 0.4) is 0 Å². The van der Waals surface area contributed by atoms with E-state index in [0.717, 1.165) is 4.57 Å². The molecule has 214 valence electrons. The molecule has 0 unspecified atom stereocenters. The number of anilines is 1. The van der Waals surface area contributed by atoms with Crippen molar-refractivity contribution in [2.75, 3.05) is 39.8 Å². The number of carbonyl (C=O) groups is 2. The van der Waals surface area contributed by atoms with Crippen LogP contribution >= 0.6 is 0 Å². The van der Waals surface area contributed by atoms with Crippen molar-refractivity contribution >= 4 is 28.4 Å². The number of hydrogen-bond acceptors (Lipinski definition) is 7. The second kappa shape index (κ2) is 13.4.